The van der Waals surface area contributed by atoms with E-state index in [1.807, 2.05) is 43.3 Å². The molecule has 25 heavy (non-hydrogen) atoms. The summed E-state index contributed by atoms with van der Waals surface area (Å²) >= 11 is 0. The second kappa shape index (κ2) is 6.61. The highest BCUT2D eigenvalue weighted by atomic mass is 16.5. The quantitative estimate of drug-likeness (QED) is 0.716. The van der Waals surface area contributed by atoms with Gasteiger partial charge in [0.15, 0.2) is 5.88 Å². The number of ether oxygens (including phenoxy) is 1. The molecular weight excluding hydrogens is 314 g/mol. The molecule has 3 aromatic rings. The van der Waals surface area contributed by atoms with E-state index < -0.39 is 0 Å². The van der Waals surface area contributed by atoms with Crippen molar-refractivity contribution in [3.05, 3.63) is 53.6 Å². The van der Waals surface area contributed by atoms with Crippen molar-refractivity contribution in [3.63, 3.8) is 0 Å². The van der Waals surface area contributed by atoms with Crippen LogP contribution in [0.3, 0.4) is 0 Å². The Kier molecular flexibility index (Phi) is 4.15. The average molecular weight is 335 g/mol. The van der Waals surface area contributed by atoms with E-state index in [1.54, 1.807) is 6.21 Å². The molecule has 5 nitrogen and oxygen atoms in total. The lowest BCUT2D eigenvalue weighted by Gasteiger charge is -2.29. The zero-order valence-electron chi connectivity index (χ0n) is 14.2. The molecule has 4 rings (SSSR count). The van der Waals surface area contributed by atoms with E-state index in [1.165, 1.54) is 0 Å². The average Bonchev–Trinajstić information content (AvgIpc) is 2.95. The fraction of sp³-hybridized carbons (Fsp3) is 0.250. The molecule has 1 aliphatic rings. The zero-order valence-corrected chi connectivity index (χ0v) is 14.2. The summed E-state index contributed by atoms with van der Waals surface area (Å²) in [7, 11) is 0. The van der Waals surface area contributed by atoms with E-state index in [2.05, 4.69) is 20.9 Å². The van der Waals surface area contributed by atoms with Crippen LogP contribution in [0.1, 0.15) is 11.1 Å². The standard InChI is InChI=1S/C20H21N3O2/c1-14-6-7-15-16(20(24)22-18(15)12-14)13-21-17-4-2-3-5-19(17)23-8-10-25-11-9-23/h2-7,12-13,22,24H,8-11H2,1H3. The first-order valence-electron chi connectivity index (χ1n) is 8.49. The van der Waals surface area contributed by atoms with Crippen LogP contribution >= 0.6 is 0 Å². The van der Waals surface area contributed by atoms with Gasteiger partial charge in [-0.1, -0.05) is 24.3 Å². The van der Waals surface area contributed by atoms with Crippen molar-refractivity contribution in [1.29, 1.82) is 0 Å². The van der Waals surface area contributed by atoms with Crippen LogP contribution < -0.4 is 4.90 Å². The van der Waals surface area contributed by atoms with E-state index in [9.17, 15) is 5.11 Å². The molecule has 2 aromatic carbocycles. The third-order valence-corrected chi connectivity index (χ3v) is 4.54. The van der Waals surface area contributed by atoms with Crippen molar-refractivity contribution < 1.29 is 9.84 Å². The third kappa shape index (κ3) is 3.10. The fourth-order valence-corrected chi connectivity index (χ4v) is 3.23. The van der Waals surface area contributed by atoms with E-state index in [0.717, 1.165) is 54.1 Å². The Morgan fingerprint density at radius 3 is 2.80 bits per heavy atom. The molecule has 5 heteroatoms. The zero-order chi connectivity index (χ0) is 17.2. The lowest BCUT2D eigenvalue weighted by molar-refractivity contribution is 0.123. The SMILES string of the molecule is Cc1ccc2c(C=Nc3ccccc3N3CCOCC3)c(O)[nH]c2c1. The Morgan fingerprint density at radius 2 is 1.96 bits per heavy atom. The maximum atomic E-state index is 10.2. The van der Waals surface area contributed by atoms with Gasteiger partial charge >= 0.3 is 0 Å². The number of anilines is 1. The normalized spacial score (nSPS) is 15.3. The first kappa shape index (κ1) is 15.7. The Bertz CT molecular complexity index is 924. The highest BCUT2D eigenvalue weighted by Crippen LogP contribution is 2.31. The van der Waals surface area contributed by atoms with Crippen LogP contribution in [0.2, 0.25) is 0 Å². The first-order chi connectivity index (χ1) is 12.2. The van der Waals surface area contributed by atoms with Crippen LogP contribution in [0.4, 0.5) is 11.4 Å². The molecule has 1 saturated heterocycles. The Morgan fingerprint density at radius 1 is 1.16 bits per heavy atom. The number of aromatic hydroxyl groups is 1. The monoisotopic (exact) mass is 335 g/mol. The Labute approximate surface area is 146 Å². The molecule has 0 saturated carbocycles. The second-order valence-corrected chi connectivity index (χ2v) is 6.28. The first-order valence-corrected chi connectivity index (χ1v) is 8.49. The molecule has 0 bridgehead atoms. The van der Waals surface area contributed by atoms with Gasteiger partial charge in [0.05, 0.1) is 30.2 Å². The summed E-state index contributed by atoms with van der Waals surface area (Å²) in [6.45, 7) is 5.24. The number of para-hydroxylation sites is 2. The summed E-state index contributed by atoms with van der Waals surface area (Å²) in [4.78, 5) is 9.98. The lowest BCUT2D eigenvalue weighted by Crippen LogP contribution is -2.36. The van der Waals surface area contributed by atoms with Crippen LogP contribution in [0, 0.1) is 6.92 Å². The van der Waals surface area contributed by atoms with Gasteiger partial charge in [0, 0.05) is 30.2 Å². The minimum absolute atomic E-state index is 0.146. The number of benzene rings is 2. The number of hydrogen-bond acceptors (Lipinski definition) is 4. The number of rotatable bonds is 3. The summed E-state index contributed by atoms with van der Waals surface area (Å²) < 4.78 is 5.44. The molecule has 1 aromatic heterocycles. The van der Waals surface area contributed by atoms with Gasteiger partial charge < -0.3 is 19.7 Å². The van der Waals surface area contributed by atoms with E-state index >= 15 is 0 Å². The molecule has 0 atom stereocenters. The van der Waals surface area contributed by atoms with Crippen LogP contribution in [-0.2, 0) is 4.74 Å². The maximum Gasteiger partial charge on any atom is 0.198 e. The van der Waals surface area contributed by atoms with Crippen LogP contribution in [0.15, 0.2) is 47.5 Å². The minimum atomic E-state index is 0.146. The van der Waals surface area contributed by atoms with Crippen molar-refractivity contribution in [1.82, 2.24) is 4.98 Å². The Hall–Kier alpha value is -2.79. The van der Waals surface area contributed by atoms with Gasteiger partial charge in [0.1, 0.15) is 0 Å². The number of hydrogen-bond donors (Lipinski definition) is 2. The van der Waals surface area contributed by atoms with Gasteiger partial charge in [-0.15, -0.1) is 0 Å². The van der Waals surface area contributed by atoms with Gasteiger partial charge in [-0.3, -0.25) is 4.99 Å². The number of morpholine rings is 1. The van der Waals surface area contributed by atoms with Gasteiger partial charge in [0.25, 0.3) is 0 Å². The molecule has 0 aliphatic carbocycles. The number of aromatic amines is 1. The Balaban J connectivity index is 1.70. The molecule has 0 radical (unpaired) electrons. The molecule has 2 heterocycles. The molecule has 1 aliphatic heterocycles. The van der Waals surface area contributed by atoms with Crippen molar-refractivity contribution in [2.75, 3.05) is 31.2 Å². The van der Waals surface area contributed by atoms with Crippen molar-refractivity contribution in [2.24, 2.45) is 4.99 Å². The number of aromatic nitrogens is 1. The van der Waals surface area contributed by atoms with Gasteiger partial charge in [-0.2, -0.15) is 0 Å². The van der Waals surface area contributed by atoms with Crippen molar-refractivity contribution in [3.8, 4) is 5.88 Å². The predicted octanol–water partition coefficient (Wildman–Crippen LogP) is 3.77. The maximum absolute atomic E-state index is 10.2. The highest BCUT2D eigenvalue weighted by molar-refractivity contribution is 6.03. The van der Waals surface area contributed by atoms with E-state index in [-0.39, 0.29) is 5.88 Å². The number of aryl methyl sites for hydroxylation is 1. The van der Waals surface area contributed by atoms with Crippen molar-refractivity contribution >= 4 is 28.5 Å². The van der Waals surface area contributed by atoms with Gasteiger partial charge in [-0.25, -0.2) is 0 Å². The lowest BCUT2D eigenvalue weighted by atomic mass is 10.1. The molecular formula is C20H21N3O2. The number of nitrogens with one attached hydrogen (secondary N) is 1. The molecule has 0 amide bonds. The van der Waals surface area contributed by atoms with E-state index in [4.69, 9.17) is 4.74 Å². The predicted molar refractivity (Wildman–Crippen MR) is 101 cm³/mol. The largest absolute Gasteiger partial charge is 0.494 e. The third-order valence-electron chi connectivity index (χ3n) is 4.54. The highest BCUT2D eigenvalue weighted by Gasteiger charge is 2.14. The number of fused-ring (bicyclic) bond motifs is 1. The summed E-state index contributed by atoms with van der Waals surface area (Å²) in [5.41, 5.74) is 4.77. The molecule has 2 N–H and O–H groups in total. The molecule has 0 unspecified atom stereocenters. The minimum Gasteiger partial charge on any atom is -0.494 e. The summed E-state index contributed by atoms with van der Waals surface area (Å²) in [6.07, 6.45) is 1.74. The number of nitrogens with zero attached hydrogens (tertiary/aromatic N) is 2. The topological polar surface area (TPSA) is 60.9 Å². The van der Waals surface area contributed by atoms with Crippen LogP contribution in [-0.4, -0.2) is 42.6 Å². The van der Waals surface area contributed by atoms with E-state index in [0.29, 0.717) is 5.56 Å². The molecule has 0 spiro atoms. The number of aliphatic imine (C=N–C) groups is 1. The van der Waals surface area contributed by atoms with Gasteiger partial charge in [-0.05, 0) is 30.7 Å². The molecule has 128 valence electrons. The summed E-state index contributed by atoms with van der Waals surface area (Å²) in [6, 6.07) is 14.2. The molecule has 1 fully saturated rings. The van der Waals surface area contributed by atoms with Crippen LogP contribution in [0.25, 0.3) is 10.9 Å². The van der Waals surface area contributed by atoms with Crippen molar-refractivity contribution in [2.45, 2.75) is 6.92 Å². The smallest absolute Gasteiger partial charge is 0.198 e. The summed E-state index contributed by atoms with van der Waals surface area (Å²) in [5, 5.41) is 11.2. The van der Waals surface area contributed by atoms with Crippen LogP contribution in [0.5, 0.6) is 5.88 Å². The second-order valence-electron chi connectivity index (χ2n) is 6.28. The van der Waals surface area contributed by atoms with Gasteiger partial charge in [0.2, 0.25) is 0 Å². The fourth-order valence-electron chi connectivity index (χ4n) is 3.23. The number of H-pyrrole nitrogens is 1. The summed E-state index contributed by atoms with van der Waals surface area (Å²) in [5.74, 6) is 0.146.